The summed E-state index contributed by atoms with van der Waals surface area (Å²) in [4.78, 5) is 0. The van der Waals surface area contributed by atoms with Gasteiger partial charge in [0.05, 0.1) is 4.70 Å². The van der Waals surface area contributed by atoms with E-state index in [0.29, 0.717) is 0 Å². The van der Waals surface area contributed by atoms with Crippen molar-refractivity contribution in [3.63, 3.8) is 0 Å². The van der Waals surface area contributed by atoms with E-state index in [1.54, 1.807) is 11.3 Å². The molecule has 2 rings (SSSR count). The number of rotatable bonds is 0. The van der Waals surface area contributed by atoms with Gasteiger partial charge in [-0.2, -0.15) is 0 Å². The zero-order chi connectivity index (χ0) is 8.72. The van der Waals surface area contributed by atoms with Crippen molar-refractivity contribution < 1.29 is 0 Å². The lowest BCUT2D eigenvalue weighted by Crippen LogP contribution is -1.83. The molecular weight excluding hydrogens is 190 g/mol. The number of anilines is 1. The standard InChI is InChI=1S/C9H8ClNS/c1-5-4-12-9-7(11)3-2-6(10)8(5)9/h2-4H,11H2,1H3. The number of nitrogens with two attached hydrogens (primary N) is 1. The highest BCUT2D eigenvalue weighted by Crippen LogP contribution is 2.35. The average molecular weight is 198 g/mol. The molecule has 0 spiro atoms. The Morgan fingerprint density at radius 1 is 1.42 bits per heavy atom. The molecule has 0 saturated carbocycles. The van der Waals surface area contributed by atoms with Crippen LogP contribution in [0.2, 0.25) is 5.02 Å². The third-order valence-electron chi connectivity index (χ3n) is 1.89. The van der Waals surface area contributed by atoms with Gasteiger partial charge in [0.15, 0.2) is 0 Å². The van der Waals surface area contributed by atoms with Crippen LogP contribution in [-0.4, -0.2) is 0 Å². The fraction of sp³-hybridized carbons (Fsp3) is 0.111. The maximum atomic E-state index is 6.03. The van der Waals surface area contributed by atoms with Gasteiger partial charge >= 0.3 is 0 Å². The Labute approximate surface area is 79.8 Å². The first-order chi connectivity index (χ1) is 5.70. The first kappa shape index (κ1) is 7.90. The fourth-order valence-electron chi connectivity index (χ4n) is 1.28. The van der Waals surface area contributed by atoms with E-state index < -0.39 is 0 Å². The van der Waals surface area contributed by atoms with Crippen LogP contribution in [-0.2, 0) is 0 Å². The SMILES string of the molecule is Cc1csc2c(N)ccc(Cl)c12. The third-order valence-corrected chi connectivity index (χ3v) is 3.35. The summed E-state index contributed by atoms with van der Waals surface area (Å²) < 4.78 is 1.10. The average Bonchev–Trinajstić information content (AvgIpc) is 2.42. The zero-order valence-electron chi connectivity index (χ0n) is 6.60. The van der Waals surface area contributed by atoms with Crippen molar-refractivity contribution in [1.29, 1.82) is 0 Å². The van der Waals surface area contributed by atoms with Crippen LogP contribution in [0.5, 0.6) is 0 Å². The Morgan fingerprint density at radius 2 is 2.17 bits per heavy atom. The number of hydrogen-bond acceptors (Lipinski definition) is 2. The largest absolute Gasteiger partial charge is 0.398 e. The first-order valence-electron chi connectivity index (χ1n) is 3.62. The maximum Gasteiger partial charge on any atom is 0.0589 e. The van der Waals surface area contributed by atoms with E-state index >= 15 is 0 Å². The zero-order valence-corrected chi connectivity index (χ0v) is 8.17. The van der Waals surface area contributed by atoms with E-state index in [9.17, 15) is 0 Å². The summed E-state index contributed by atoms with van der Waals surface area (Å²) in [6, 6.07) is 3.69. The molecule has 0 fully saturated rings. The summed E-state index contributed by atoms with van der Waals surface area (Å²) >= 11 is 7.67. The Hall–Kier alpha value is -0.730. The van der Waals surface area contributed by atoms with Crippen molar-refractivity contribution in [3.8, 4) is 0 Å². The van der Waals surface area contributed by atoms with E-state index in [4.69, 9.17) is 17.3 Å². The van der Waals surface area contributed by atoms with Gasteiger partial charge in [-0.15, -0.1) is 11.3 Å². The third kappa shape index (κ3) is 0.993. The normalized spacial score (nSPS) is 10.8. The molecule has 2 aromatic rings. The lowest BCUT2D eigenvalue weighted by molar-refractivity contribution is 1.60. The van der Waals surface area contributed by atoms with Gasteiger partial charge in [-0.05, 0) is 30.0 Å². The molecule has 0 saturated heterocycles. The van der Waals surface area contributed by atoms with Gasteiger partial charge in [0, 0.05) is 16.1 Å². The molecule has 3 heteroatoms. The molecule has 0 aliphatic rings. The number of fused-ring (bicyclic) bond motifs is 1. The lowest BCUT2D eigenvalue weighted by Gasteiger charge is -1.98. The quantitative estimate of drug-likeness (QED) is 0.644. The Bertz CT molecular complexity index is 433. The van der Waals surface area contributed by atoms with Crippen LogP contribution in [0, 0.1) is 6.92 Å². The van der Waals surface area contributed by atoms with Gasteiger partial charge in [0.1, 0.15) is 0 Å². The maximum absolute atomic E-state index is 6.03. The van der Waals surface area contributed by atoms with Crippen molar-refractivity contribution in [3.05, 3.63) is 28.1 Å². The predicted molar refractivity (Wildman–Crippen MR) is 56.0 cm³/mol. The van der Waals surface area contributed by atoms with E-state index in [1.807, 2.05) is 19.1 Å². The van der Waals surface area contributed by atoms with Crippen LogP contribution in [0.25, 0.3) is 10.1 Å². The minimum absolute atomic E-state index is 0.790. The number of thiophene rings is 1. The van der Waals surface area contributed by atoms with Crippen molar-refractivity contribution in [1.82, 2.24) is 0 Å². The molecule has 0 bridgehead atoms. The second-order valence-electron chi connectivity index (χ2n) is 2.76. The minimum Gasteiger partial charge on any atom is -0.398 e. The van der Waals surface area contributed by atoms with Crippen LogP contribution in [0.4, 0.5) is 5.69 Å². The Morgan fingerprint density at radius 3 is 2.83 bits per heavy atom. The summed E-state index contributed by atoms with van der Waals surface area (Å²) in [6.45, 7) is 2.05. The van der Waals surface area contributed by atoms with Crippen molar-refractivity contribution >= 4 is 38.7 Å². The molecule has 0 aliphatic heterocycles. The molecular formula is C9H8ClNS. The molecule has 1 aromatic carbocycles. The molecule has 62 valence electrons. The van der Waals surface area contributed by atoms with E-state index in [0.717, 1.165) is 20.8 Å². The van der Waals surface area contributed by atoms with Gasteiger partial charge < -0.3 is 5.73 Å². The second-order valence-corrected chi connectivity index (χ2v) is 4.05. The summed E-state index contributed by atoms with van der Waals surface area (Å²) in [5.41, 5.74) is 7.80. The monoisotopic (exact) mass is 197 g/mol. The smallest absolute Gasteiger partial charge is 0.0589 e. The fourth-order valence-corrected chi connectivity index (χ4v) is 2.64. The molecule has 1 aromatic heterocycles. The molecule has 0 radical (unpaired) electrons. The summed E-state index contributed by atoms with van der Waals surface area (Å²) in [5, 5.41) is 3.96. The van der Waals surface area contributed by atoms with Gasteiger partial charge in [-0.3, -0.25) is 0 Å². The van der Waals surface area contributed by atoms with Crippen LogP contribution in [0.3, 0.4) is 0 Å². The van der Waals surface area contributed by atoms with Gasteiger partial charge in [-0.1, -0.05) is 11.6 Å². The highest BCUT2D eigenvalue weighted by molar-refractivity contribution is 7.18. The summed E-state index contributed by atoms with van der Waals surface area (Å²) in [7, 11) is 0. The van der Waals surface area contributed by atoms with Crippen LogP contribution >= 0.6 is 22.9 Å². The van der Waals surface area contributed by atoms with Crippen LogP contribution in [0.15, 0.2) is 17.5 Å². The molecule has 0 amide bonds. The van der Waals surface area contributed by atoms with Crippen molar-refractivity contribution in [2.75, 3.05) is 5.73 Å². The van der Waals surface area contributed by atoms with Gasteiger partial charge in [0.2, 0.25) is 0 Å². The topological polar surface area (TPSA) is 26.0 Å². The first-order valence-corrected chi connectivity index (χ1v) is 4.87. The number of aryl methyl sites for hydroxylation is 1. The molecule has 0 unspecified atom stereocenters. The van der Waals surface area contributed by atoms with E-state index in [1.165, 1.54) is 5.56 Å². The Kier molecular flexibility index (Phi) is 1.74. The molecule has 12 heavy (non-hydrogen) atoms. The van der Waals surface area contributed by atoms with Gasteiger partial charge in [0.25, 0.3) is 0 Å². The Balaban J connectivity index is 2.98. The van der Waals surface area contributed by atoms with Crippen LogP contribution < -0.4 is 5.73 Å². The van der Waals surface area contributed by atoms with Crippen molar-refractivity contribution in [2.45, 2.75) is 6.92 Å². The number of hydrogen-bond donors (Lipinski definition) is 1. The molecule has 1 heterocycles. The second kappa shape index (κ2) is 2.64. The van der Waals surface area contributed by atoms with E-state index in [2.05, 4.69) is 5.38 Å². The molecule has 1 nitrogen and oxygen atoms in total. The van der Waals surface area contributed by atoms with Crippen molar-refractivity contribution in [2.24, 2.45) is 0 Å². The highest BCUT2D eigenvalue weighted by atomic mass is 35.5. The molecule has 0 aliphatic carbocycles. The highest BCUT2D eigenvalue weighted by Gasteiger charge is 2.06. The van der Waals surface area contributed by atoms with E-state index in [-0.39, 0.29) is 0 Å². The molecule has 0 atom stereocenters. The number of benzene rings is 1. The molecule has 2 N–H and O–H groups in total. The lowest BCUT2D eigenvalue weighted by atomic mass is 10.2. The summed E-state index contributed by atoms with van der Waals surface area (Å²) in [5.74, 6) is 0. The van der Waals surface area contributed by atoms with Gasteiger partial charge in [-0.25, -0.2) is 0 Å². The number of halogens is 1. The summed E-state index contributed by atoms with van der Waals surface area (Å²) in [6.07, 6.45) is 0. The van der Waals surface area contributed by atoms with Crippen LogP contribution in [0.1, 0.15) is 5.56 Å². The number of nitrogen functional groups attached to an aromatic ring is 1. The predicted octanol–water partition coefficient (Wildman–Crippen LogP) is 3.45. The minimum atomic E-state index is 0.790.